The molecule has 0 spiro atoms. The topological polar surface area (TPSA) is 52.6 Å². The Hall–Kier alpha value is -1.20. The minimum atomic E-state index is -1.66. The van der Waals surface area contributed by atoms with Gasteiger partial charge in [0, 0.05) is 12.8 Å². The molecule has 0 saturated heterocycles. The van der Waals surface area contributed by atoms with Crippen LogP contribution in [0.1, 0.15) is 52.9 Å². The minimum Gasteiger partial charge on any atom is -0.469 e. The van der Waals surface area contributed by atoms with Crippen LogP contribution in [0.4, 0.5) is 0 Å². The number of hydrogen-bond donors (Lipinski definition) is 0. The molecule has 4 nitrogen and oxygen atoms in total. The summed E-state index contributed by atoms with van der Waals surface area (Å²) >= 11 is 0. The van der Waals surface area contributed by atoms with Crippen LogP contribution in [0.2, 0.25) is 18.1 Å². The molecule has 1 aliphatic rings. The Bertz CT molecular complexity index is 469. The zero-order valence-corrected chi connectivity index (χ0v) is 16.6. The second-order valence-electron chi connectivity index (χ2n) is 6.34. The molecule has 0 aromatic heterocycles. The molecule has 0 aromatic carbocycles. The van der Waals surface area contributed by atoms with Crippen molar-refractivity contribution in [2.45, 2.75) is 77.1 Å². The fraction of sp³-hybridized carbons (Fsp3) is 0.684. The maximum Gasteiger partial charge on any atom is 0.305 e. The first kappa shape index (κ1) is 20.8. The van der Waals surface area contributed by atoms with Gasteiger partial charge in [-0.3, -0.25) is 9.59 Å². The van der Waals surface area contributed by atoms with Crippen LogP contribution >= 0.6 is 0 Å². The zero-order valence-electron chi connectivity index (χ0n) is 15.6. The maximum absolute atomic E-state index is 12.2. The number of esters is 1. The number of rotatable bonds is 11. The lowest BCUT2D eigenvalue weighted by Crippen LogP contribution is -2.39. The lowest BCUT2D eigenvalue weighted by Gasteiger charge is -2.30. The zero-order chi connectivity index (χ0) is 18.0. The van der Waals surface area contributed by atoms with E-state index in [9.17, 15) is 9.59 Å². The van der Waals surface area contributed by atoms with Crippen LogP contribution in [0.3, 0.4) is 0 Å². The second-order valence-corrected chi connectivity index (χ2v) is 11.1. The van der Waals surface area contributed by atoms with Crippen LogP contribution in [-0.4, -0.2) is 33.3 Å². The van der Waals surface area contributed by atoms with Crippen LogP contribution in [-0.2, 0) is 18.8 Å². The van der Waals surface area contributed by atoms with Crippen LogP contribution < -0.4 is 0 Å². The van der Waals surface area contributed by atoms with E-state index in [1.165, 1.54) is 7.11 Å². The molecule has 136 valence electrons. The van der Waals surface area contributed by atoms with E-state index < -0.39 is 8.32 Å². The lowest BCUT2D eigenvalue weighted by atomic mass is 10.1. The summed E-state index contributed by atoms with van der Waals surface area (Å²) in [5.74, 6) is 0.0397. The predicted molar refractivity (Wildman–Crippen MR) is 99.4 cm³/mol. The number of hydrogen-bond acceptors (Lipinski definition) is 4. The molecule has 1 aliphatic carbocycles. The fourth-order valence-electron chi connectivity index (χ4n) is 3.09. The van der Waals surface area contributed by atoms with E-state index in [1.807, 2.05) is 18.2 Å². The Kier molecular flexibility index (Phi) is 9.22. The van der Waals surface area contributed by atoms with Gasteiger partial charge in [0.15, 0.2) is 14.1 Å². The van der Waals surface area contributed by atoms with Crippen molar-refractivity contribution in [2.75, 3.05) is 7.11 Å². The van der Waals surface area contributed by atoms with E-state index in [-0.39, 0.29) is 17.9 Å². The molecule has 0 radical (unpaired) electrons. The van der Waals surface area contributed by atoms with Crippen molar-refractivity contribution in [3.8, 4) is 0 Å². The van der Waals surface area contributed by atoms with Gasteiger partial charge in [-0.15, -0.1) is 0 Å². The van der Waals surface area contributed by atoms with E-state index in [1.54, 1.807) is 0 Å². The molecular weight excluding hydrogens is 320 g/mol. The summed E-state index contributed by atoms with van der Waals surface area (Å²) in [5.41, 5.74) is 0.906. The van der Waals surface area contributed by atoms with Crippen molar-refractivity contribution in [1.29, 1.82) is 0 Å². The summed E-state index contributed by atoms with van der Waals surface area (Å²) < 4.78 is 11.0. The molecule has 0 saturated carbocycles. The molecule has 0 amide bonds. The van der Waals surface area contributed by atoms with Gasteiger partial charge in [0.1, 0.15) is 0 Å². The molecule has 1 unspecified atom stereocenters. The molecule has 0 aliphatic heterocycles. The quantitative estimate of drug-likeness (QED) is 0.311. The number of methoxy groups -OCH3 is 1. The third kappa shape index (κ3) is 6.36. The van der Waals surface area contributed by atoms with Crippen LogP contribution in [0.15, 0.2) is 23.8 Å². The summed E-state index contributed by atoms with van der Waals surface area (Å²) in [6.45, 7) is 6.62. The molecule has 0 fully saturated rings. The number of ether oxygens (including phenoxy) is 1. The van der Waals surface area contributed by atoms with E-state index >= 15 is 0 Å². The highest BCUT2D eigenvalue weighted by atomic mass is 28.4. The molecule has 0 N–H and O–H groups in total. The Balaban J connectivity index is 2.44. The maximum atomic E-state index is 12.2. The van der Waals surface area contributed by atoms with Crippen LogP contribution in [0.25, 0.3) is 0 Å². The standard InChI is InChI=1S/C19H32O4Si/c1-5-24(6-2,7-3)23-17-14-16(18(20)15-17)12-10-8-9-11-13-19(21)22-4/h8-9,14,17H,5-7,10-13,15H2,1-4H3/b9-8-. The van der Waals surface area contributed by atoms with Gasteiger partial charge >= 0.3 is 5.97 Å². The summed E-state index contributed by atoms with van der Waals surface area (Å²) in [6.07, 6.45) is 9.23. The molecule has 5 heteroatoms. The van der Waals surface area contributed by atoms with Crippen molar-refractivity contribution in [1.82, 2.24) is 0 Å². The first-order valence-corrected chi connectivity index (χ1v) is 11.7. The molecule has 1 atom stereocenters. The largest absolute Gasteiger partial charge is 0.469 e. The number of carbonyl (C=O) groups is 2. The normalized spacial score (nSPS) is 18.2. The van der Waals surface area contributed by atoms with Crippen molar-refractivity contribution in [3.05, 3.63) is 23.8 Å². The summed E-state index contributed by atoms with van der Waals surface area (Å²) in [6, 6.07) is 3.32. The second kappa shape index (κ2) is 10.6. The third-order valence-corrected chi connectivity index (χ3v) is 9.62. The fourth-order valence-corrected chi connectivity index (χ4v) is 5.88. The first-order valence-electron chi connectivity index (χ1n) is 9.13. The summed E-state index contributed by atoms with van der Waals surface area (Å²) in [4.78, 5) is 23.2. The average molecular weight is 353 g/mol. The summed E-state index contributed by atoms with van der Waals surface area (Å²) in [5, 5.41) is 0. The Morgan fingerprint density at radius 3 is 2.42 bits per heavy atom. The number of allylic oxidation sites excluding steroid dienone is 3. The Labute approximate surface area is 147 Å². The van der Waals surface area contributed by atoms with Gasteiger partial charge in [-0.25, -0.2) is 0 Å². The molecular formula is C19H32O4Si. The van der Waals surface area contributed by atoms with Crippen molar-refractivity contribution >= 4 is 20.1 Å². The van der Waals surface area contributed by atoms with Gasteiger partial charge in [-0.2, -0.15) is 0 Å². The average Bonchev–Trinajstić information content (AvgIpc) is 2.94. The summed E-state index contributed by atoms with van der Waals surface area (Å²) in [7, 11) is -0.261. The van der Waals surface area contributed by atoms with Crippen molar-refractivity contribution < 1.29 is 18.8 Å². The van der Waals surface area contributed by atoms with E-state index in [0.717, 1.165) is 36.5 Å². The predicted octanol–water partition coefficient (Wildman–Crippen LogP) is 4.57. The van der Waals surface area contributed by atoms with Crippen LogP contribution in [0.5, 0.6) is 0 Å². The smallest absolute Gasteiger partial charge is 0.305 e. The monoisotopic (exact) mass is 352 g/mol. The molecule has 1 rings (SSSR count). The SMILES string of the molecule is CC[Si](CC)(CC)OC1C=C(CC/C=C\CCC(=O)OC)C(=O)C1. The van der Waals surface area contributed by atoms with Gasteiger partial charge in [0.05, 0.1) is 13.2 Å². The third-order valence-electron chi connectivity index (χ3n) is 4.96. The van der Waals surface area contributed by atoms with Gasteiger partial charge in [0.2, 0.25) is 0 Å². The molecule has 0 bridgehead atoms. The highest BCUT2D eigenvalue weighted by Crippen LogP contribution is 2.29. The molecule has 0 heterocycles. The minimum absolute atomic E-state index is 0.0117. The highest BCUT2D eigenvalue weighted by Gasteiger charge is 2.34. The first-order chi connectivity index (χ1) is 11.5. The van der Waals surface area contributed by atoms with Crippen molar-refractivity contribution in [3.63, 3.8) is 0 Å². The van der Waals surface area contributed by atoms with Gasteiger partial charge < -0.3 is 9.16 Å². The van der Waals surface area contributed by atoms with E-state index in [4.69, 9.17) is 4.43 Å². The molecule has 24 heavy (non-hydrogen) atoms. The van der Waals surface area contributed by atoms with Crippen LogP contribution in [0, 0.1) is 0 Å². The van der Waals surface area contributed by atoms with E-state index in [2.05, 4.69) is 25.5 Å². The Morgan fingerprint density at radius 2 is 1.83 bits per heavy atom. The Morgan fingerprint density at radius 1 is 1.21 bits per heavy atom. The number of carbonyl (C=O) groups excluding carboxylic acids is 2. The number of Topliss-reactive ketones (excluding diaryl/α,β-unsaturated/α-hetero) is 1. The van der Waals surface area contributed by atoms with Gasteiger partial charge in [-0.05, 0) is 49.0 Å². The lowest BCUT2D eigenvalue weighted by molar-refractivity contribution is -0.140. The number of ketones is 1. The van der Waals surface area contributed by atoms with Crippen molar-refractivity contribution in [2.24, 2.45) is 0 Å². The molecule has 0 aromatic rings. The van der Waals surface area contributed by atoms with Gasteiger partial charge in [-0.1, -0.05) is 32.9 Å². The van der Waals surface area contributed by atoms with Gasteiger partial charge in [0.25, 0.3) is 0 Å². The highest BCUT2D eigenvalue weighted by molar-refractivity contribution is 6.73. The van der Waals surface area contributed by atoms with E-state index in [0.29, 0.717) is 19.3 Å².